The monoisotopic (exact) mass is 280 g/mol. The van der Waals surface area contributed by atoms with Gasteiger partial charge < -0.3 is 10.3 Å². The number of nitrogen functional groups attached to an aromatic ring is 1. The van der Waals surface area contributed by atoms with E-state index in [4.69, 9.17) is 10.7 Å². The number of aryl methyl sites for hydroxylation is 1. The Kier molecular flexibility index (Phi) is 3.86. The lowest BCUT2D eigenvalue weighted by Crippen LogP contribution is -2.06. The van der Waals surface area contributed by atoms with Crippen LogP contribution in [-0.4, -0.2) is 14.5 Å². The van der Waals surface area contributed by atoms with Crippen molar-refractivity contribution in [1.29, 1.82) is 0 Å². The van der Waals surface area contributed by atoms with Crippen molar-refractivity contribution >= 4 is 16.9 Å². The SMILES string of the molecule is CCCCc1nc2cccnc2n1Cc1ccc(N)cc1. The fourth-order valence-electron chi connectivity index (χ4n) is 2.50. The zero-order valence-corrected chi connectivity index (χ0v) is 12.3. The number of unbranched alkanes of at least 4 members (excludes halogenated alkanes) is 1. The fraction of sp³-hybridized carbons (Fsp3) is 0.294. The van der Waals surface area contributed by atoms with Crippen LogP contribution in [0.1, 0.15) is 31.2 Å². The average molecular weight is 280 g/mol. The van der Waals surface area contributed by atoms with Crippen molar-refractivity contribution in [2.75, 3.05) is 5.73 Å². The van der Waals surface area contributed by atoms with E-state index < -0.39 is 0 Å². The molecule has 0 amide bonds. The van der Waals surface area contributed by atoms with Gasteiger partial charge in [0.15, 0.2) is 5.65 Å². The van der Waals surface area contributed by atoms with Gasteiger partial charge in [-0.3, -0.25) is 0 Å². The largest absolute Gasteiger partial charge is 0.399 e. The summed E-state index contributed by atoms with van der Waals surface area (Å²) >= 11 is 0. The van der Waals surface area contributed by atoms with Crippen LogP contribution in [0.25, 0.3) is 11.2 Å². The highest BCUT2D eigenvalue weighted by atomic mass is 15.1. The van der Waals surface area contributed by atoms with Crippen LogP contribution in [0.5, 0.6) is 0 Å². The summed E-state index contributed by atoms with van der Waals surface area (Å²) in [5.74, 6) is 1.11. The second-order valence-corrected chi connectivity index (χ2v) is 5.31. The first-order valence-corrected chi connectivity index (χ1v) is 7.42. The zero-order chi connectivity index (χ0) is 14.7. The van der Waals surface area contributed by atoms with Gasteiger partial charge in [-0.25, -0.2) is 9.97 Å². The van der Waals surface area contributed by atoms with Crippen LogP contribution in [0.15, 0.2) is 42.6 Å². The van der Waals surface area contributed by atoms with E-state index in [0.29, 0.717) is 0 Å². The predicted molar refractivity (Wildman–Crippen MR) is 86.1 cm³/mol. The molecule has 0 spiro atoms. The average Bonchev–Trinajstić information content (AvgIpc) is 2.85. The van der Waals surface area contributed by atoms with Crippen LogP contribution in [0.2, 0.25) is 0 Å². The van der Waals surface area contributed by atoms with E-state index in [2.05, 4.69) is 28.6 Å². The van der Waals surface area contributed by atoms with Gasteiger partial charge in [-0.15, -0.1) is 0 Å². The number of anilines is 1. The second-order valence-electron chi connectivity index (χ2n) is 5.31. The third-order valence-electron chi connectivity index (χ3n) is 3.66. The number of hydrogen-bond acceptors (Lipinski definition) is 3. The van der Waals surface area contributed by atoms with Crippen LogP contribution >= 0.6 is 0 Å². The van der Waals surface area contributed by atoms with Gasteiger partial charge in [0, 0.05) is 18.3 Å². The van der Waals surface area contributed by atoms with Crippen molar-refractivity contribution in [3.05, 3.63) is 54.0 Å². The highest BCUT2D eigenvalue weighted by Gasteiger charge is 2.11. The van der Waals surface area contributed by atoms with E-state index in [1.54, 1.807) is 0 Å². The third-order valence-corrected chi connectivity index (χ3v) is 3.66. The minimum atomic E-state index is 0.785. The molecule has 0 bridgehead atoms. The van der Waals surface area contributed by atoms with E-state index in [0.717, 1.165) is 42.1 Å². The van der Waals surface area contributed by atoms with Gasteiger partial charge in [0.1, 0.15) is 11.3 Å². The van der Waals surface area contributed by atoms with Crippen LogP contribution in [0.3, 0.4) is 0 Å². The zero-order valence-electron chi connectivity index (χ0n) is 12.3. The van der Waals surface area contributed by atoms with Crippen molar-refractivity contribution in [3.63, 3.8) is 0 Å². The lowest BCUT2D eigenvalue weighted by Gasteiger charge is -2.09. The van der Waals surface area contributed by atoms with Gasteiger partial charge in [-0.05, 0) is 36.2 Å². The van der Waals surface area contributed by atoms with Gasteiger partial charge in [-0.1, -0.05) is 25.5 Å². The van der Waals surface area contributed by atoms with Gasteiger partial charge in [0.05, 0.1) is 6.54 Å². The fourth-order valence-corrected chi connectivity index (χ4v) is 2.50. The third kappa shape index (κ3) is 2.89. The van der Waals surface area contributed by atoms with Gasteiger partial charge in [0.2, 0.25) is 0 Å². The molecule has 0 radical (unpaired) electrons. The molecule has 0 aliphatic rings. The Bertz CT molecular complexity index is 728. The normalized spacial score (nSPS) is 11.1. The summed E-state index contributed by atoms with van der Waals surface area (Å²) in [7, 11) is 0. The number of benzene rings is 1. The first-order valence-electron chi connectivity index (χ1n) is 7.42. The summed E-state index contributed by atoms with van der Waals surface area (Å²) in [4.78, 5) is 9.24. The van der Waals surface area contributed by atoms with E-state index in [1.807, 2.05) is 30.5 Å². The Labute approximate surface area is 124 Å². The second kappa shape index (κ2) is 5.95. The summed E-state index contributed by atoms with van der Waals surface area (Å²) in [6.45, 7) is 2.98. The molecule has 3 rings (SSSR count). The highest BCUT2D eigenvalue weighted by Crippen LogP contribution is 2.18. The molecule has 21 heavy (non-hydrogen) atoms. The minimum Gasteiger partial charge on any atom is -0.399 e. The number of hydrogen-bond donors (Lipinski definition) is 1. The van der Waals surface area contributed by atoms with Gasteiger partial charge >= 0.3 is 0 Å². The van der Waals surface area contributed by atoms with Crippen LogP contribution in [0, 0.1) is 0 Å². The molecular formula is C17H20N4. The molecule has 0 saturated carbocycles. The smallest absolute Gasteiger partial charge is 0.160 e. The van der Waals surface area contributed by atoms with Crippen molar-refractivity contribution in [1.82, 2.24) is 14.5 Å². The molecule has 3 aromatic rings. The molecule has 2 heterocycles. The number of pyridine rings is 1. The predicted octanol–water partition coefficient (Wildman–Crippen LogP) is 3.40. The Morgan fingerprint density at radius 3 is 2.71 bits per heavy atom. The van der Waals surface area contributed by atoms with Crippen molar-refractivity contribution in [2.24, 2.45) is 0 Å². The molecule has 1 aromatic carbocycles. The highest BCUT2D eigenvalue weighted by molar-refractivity contribution is 5.71. The molecule has 0 atom stereocenters. The van der Waals surface area contributed by atoms with E-state index in [9.17, 15) is 0 Å². The maximum Gasteiger partial charge on any atom is 0.160 e. The number of imidazole rings is 1. The molecule has 0 fully saturated rings. The number of nitrogens with zero attached hydrogens (tertiary/aromatic N) is 3. The molecule has 108 valence electrons. The van der Waals surface area contributed by atoms with Crippen LogP contribution in [-0.2, 0) is 13.0 Å². The first-order chi connectivity index (χ1) is 10.3. The molecular weight excluding hydrogens is 260 g/mol. The molecule has 0 aliphatic heterocycles. The molecule has 4 heteroatoms. The summed E-state index contributed by atoms with van der Waals surface area (Å²) < 4.78 is 2.22. The van der Waals surface area contributed by atoms with Gasteiger partial charge in [-0.2, -0.15) is 0 Å². The topological polar surface area (TPSA) is 56.7 Å². The van der Waals surface area contributed by atoms with Crippen molar-refractivity contribution < 1.29 is 0 Å². The first kappa shape index (κ1) is 13.6. The van der Waals surface area contributed by atoms with Crippen LogP contribution in [0.4, 0.5) is 5.69 Å². The molecule has 0 saturated heterocycles. The molecule has 2 N–H and O–H groups in total. The standard InChI is InChI=1S/C17H20N4/c1-2-3-6-16-20-15-5-4-11-19-17(15)21(16)12-13-7-9-14(18)10-8-13/h4-5,7-11H,2-3,6,12,18H2,1H3. The maximum atomic E-state index is 5.75. The molecule has 4 nitrogen and oxygen atoms in total. The number of nitrogens with two attached hydrogens (primary N) is 1. The summed E-state index contributed by atoms with van der Waals surface area (Å²) in [6, 6.07) is 12.0. The van der Waals surface area contributed by atoms with Gasteiger partial charge in [0.25, 0.3) is 0 Å². The van der Waals surface area contributed by atoms with Crippen LogP contribution < -0.4 is 5.73 Å². The molecule has 2 aromatic heterocycles. The molecule has 0 unspecified atom stereocenters. The Morgan fingerprint density at radius 2 is 1.95 bits per heavy atom. The Morgan fingerprint density at radius 1 is 1.14 bits per heavy atom. The van der Waals surface area contributed by atoms with E-state index >= 15 is 0 Å². The van der Waals surface area contributed by atoms with E-state index in [-0.39, 0.29) is 0 Å². The number of fused-ring (bicyclic) bond motifs is 1. The lowest BCUT2D eigenvalue weighted by molar-refractivity contribution is 0.686. The summed E-state index contributed by atoms with van der Waals surface area (Å²) in [5, 5.41) is 0. The molecule has 0 aliphatic carbocycles. The number of rotatable bonds is 5. The van der Waals surface area contributed by atoms with Crippen molar-refractivity contribution in [3.8, 4) is 0 Å². The number of aromatic nitrogens is 3. The minimum absolute atomic E-state index is 0.785. The summed E-state index contributed by atoms with van der Waals surface area (Å²) in [6.07, 6.45) is 5.12. The quantitative estimate of drug-likeness (QED) is 0.729. The van der Waals surface area contributed by atoms with E-state index in [1.165, 1.54) is 12.0 Å². The lowest BCUT2D eigenvalue weighted by atomic mass is 10.2. The van der Waals surface area contributed by atoms with Crippen molar-refractivity contribution in [2.45, 2.75) is 32.7 Å². The maximum absolute atomic E-state index is 5.75. The Balaban J connectivity index is 1.99. The Hall–Kier alpha value is -2.36. The summed E-state index contributed by atoms with van der Waals surface area (Å²) in [5.41, 5.74) is 9.69.